The summed E-state index contributed by atoms with van der Waals surface area (Å²) in [4.78, 5) is 0. The molecular formula is C28H38ClN. The lowest BCUT2D eigenvalue weighted by atomic mass is 9.51. The average Bonchev–Trinajstić information content (AvgIpc) is 2.73. The third-order valence-electron chi connectivity index (χ3n) is 8.84. The minimum atomic E-state index is 0.754. The lowest BCUT2D eigenvalue weighted by molar-refractivity contribution is -0.00277. The Hall–Kier alpha value is -0.970. The molecule has 1 nitrogen and oxygen atoms in total. The van der Waals surface area contributed by atoms with Crippen LogP contribution in [0.15, 0.2) is 18.2 Å². The molecule has 0 aromatic heterocycles. The number of hydrogen-bond acceptors (Lipinski definition) is 1. The van der Waals surface area contributed by atoms with E-state index >= 15 is 0 Å². The van der Waals surface area contributed by atoms with Gasteiger partial charge < -0.3 is 5.32 Å². The normalized spacial score (nSPS) is 37.1. The molecule has 6 rings (SSSR count). The number of rotatable bonds is 5. The molecule has 0 unspecified atom stereocenters. The first-order valence-electron chi connectivity index (χ1n) is 12.7. The van der Waals surface area contributed by atoms with Crippen molar-refractivity contribution < 1.29 is 0 Å². The Morgan fingerprint density at radius 3 is 2.30 bits per heavy atom. The molecule has 5 fully saturated rings. The van der Waals surface area contributed by atoms with Gasteiger partial charge in [-0.15, -0.1) is 0 Å². The molecule has 1 aromatic rings. The maximum absolute atomic E-state index is 6.71. The lowest BCUT2D eigenvalue weighted by Crippen LogP contribution is -2.43. The summed E-state index contributed by atoms with van der Waals surface area (Å²) in [7, 11) is 0. The van der Waals surface area contributed by atoms with Crippen LogP contribution in [0, 0.1) is 41.4 Å². The van der Waals surface area contributed by atoms with E-state index in [9.17, 15) is 0 Å². The van der Waals surface area contributed by atoms with Crippen molar-refractivity contribution in [3.63, 3.8) is 0 Å². The number of benzene rings is 1. The van der Waals surface area contributed by atoms with E-state index < -0.39 is 0 Å². The summed E-state index contributed by atoms with van der Waals surface area (Å²) in [5, 5.41) is 4.48. The van der Waals surface area contributed by atoms with Crippen LogP contribution in [0.1, 0.15) is 94.6 Å². The molecule has 5 aliphatic rings. The number of nitrogens with one attached hydrogen (secondary N) is 1. The summed E-state index contributed by atoms with van der Waals surface area (Å²) in [5.41, 5.74) is 2.52. The Labute approximate surface area is 188 Å². The minimum Gasteiger partial charge on any atom is -0.314 e. The second kappa shape index (κ2) is 9.26. The van der Waals surface area contributed by atoms with Crippen LogP contribution >= 0.6 is 11.6 Å². The maximum atomic E-state index is 6.71. The Kier molecular flexibility index (Phi) is 6.45. The molecule has 1 N–H and O–H groups in total. The summed E-state index contributed by atoms with van der Waals surface area (Å²) in [5.74, 6) is 12.3. The molecule has 0 spiro atoms. The van der Waals surface area contributed by atoms with E-state index in [1.807, 2.05) is 0 Å². The van der Waals surface area contributed by atoms with E-state index in [0.717, 1.165) is 65.1 Å². The third-order valence-corrected chi connectivity index (χ3v) is 9.16. The smallest absolute Gasteiger partial charge is 0.0565 e. The molecule has 0 heterocycles. The van der Waals surface area contributed by atoms with Crippen molar-refractivity contribution in [2.24, 2.45) is 29.6 Å². The van der Waals surface area contributed by atoms with E-state index in [2.05, 4.69) is 42.3 Å². The van der Waals surface area contributed by atoms with Gasteiger partial charge in [0.2, 0.25) is 0 Å². The summed E-state index contributed by atoms with van der Waals surface area (Å²) in [6.45, 7) is 3.31. The van der Waals surface area contributed by atoms with Crippen LogP contribution in [0.2, 0.25) is 5.02 Å². The lowest BCUT2D eigenvalue weighted by Gasteiger charge is -2.54. The summed E-state index contributed by atoms with van der Waals surface area (Å²) in [6, 6.07) is 7.58. The number of hydrogen-bond donors (Lipinski definition) is 1. The van der Waals surface area contributed by atoms with Crippen molar-refractivity contribution in [3.05, 3.63) is 34.3 Å². The summed E-state index contributed by atoms with van der Waals surface area (Å²) < 4.78 is 0. The fourth-order valence-corrected chi connectivity index (χ4v) is 7.92. The molecule has 0 aliphatic heterocycles. The molecule has 0 amide bonds. The third kappa shape index (κ3) is 4.47. The van der Waals surface area contributed by atoms with Crippen molar-refractivity contribution in [2.45, 2.75) is 89.5 Å². The van der Waals surface area contributed by atoms with E-state index in [-0.39, 0.29) is 0 Å². The Morgan fingerprint density at radius 2 is 1.67 bits per heavy atom. The van der Waals surface area contributed by atoms with Crippen LogP contribution < -0.4 is 5.32 Å². The van der Waals surface area contributed by atoms with Crippen LogP contribution in [0.3, 0.4) is 0 Å². The zero-order chi connectivity index (χ0) is 20.5. The molecule has 0 radical (unpaired) electrons. The Balaban J connectivity index is 1.16. The van der Waals surface area contributed by atoms with Gasteiger partial charge in [0.25, 0.3) is 0 Å². The summed E-state index contributed by atoms with van der Waals surface area (Å²) >= 11 is 6.71. The highest BCUT2D eigenvalue weighted by Gasteiger charge is 2.48. The van der Waals surface area contributed by atoms with Crippen molar-refractivity contribution in [1.29, 1.82) is 0 Å². The average molecular weight is 424 g/mol. The summed E-state index contributed by atoms with van der Waals surface area (Å²) in [6.07, 6.45) is 15.0. The molecule has 5 saturated carbocycles. The van der Waals surface area contributed by atoms with E-state index in [1.165, 1.54) is 69.8 Å². The minimum absolute atomic E-state index is 0.754. The highest BCUT2D eigenvalue weighted by molar-refractivity contribution is 6.31. The van der Waals surface area contributed by atoms with Gasteiger partial charge in [-0.2, -0.15) is 0 Å². The molecule has 2 heteroatoms. The van der Waals surface area contributed by atoms with Gasteiger partial charge in [0.1, 0.15) is 0 Å². The van der Waals surface area contributed by atoms with Gasteiger partial charge in [0.15, 0.2) is 0 Å². The van der Waals surface area contributed by atoms with Crippen LogP contribution in [-0.4, -0.2) is 12.6 Å². The van der Waals surface area contributed by atoms with Gasteiger partial charge in [-0.05, 0) is 124 Å². The molecule has 1 aromatic carbocycles. The standard InChI is InChI=1S/C28H38ClN/c1-2-30-26-11-7-19(8-12-26)5-3-4-6-22-9-10-23(18-27(22)29)28-24-14-20-13-21(16-24)17-25(28)15-20/h9-10,18-21,24-26,28,30H,2-3,5,7-8,11-17H2,1H3. The van der Waals surface area contributed by atoms with Crippen LogP contribution in [-0.2, 0) is 0 Å². The van der Waals surface area contributed by atoms with Crippen molar-refractivity contribution in [1.82, 2.24) is 5.32 Å². The highest BCUT2D eigenvalue weighted by Crippen LogP contribution is 2.59. The molecule has 0 atom stereocenters. The van der Waals surface area contributed by atoms with Gasteiger partial charge in [0.05, 0.1) is 5.02 Å². The van der Waals surface area contributed by atoms with Crippen LogP contribution in [0.5, 0.6) is 0 Å². The quantitative estimate of drug-likeness (QED) is 0.494. The second-order valence-electron chi connectivity index (χ2n) is 10.8. The van der Waals surface area contributed by atoms with E-state index in [4.69, 9.17) is 11.6 Å². The largest absolute Gasteiger partial charge is 0.314 e. The van der Waals surface area contributed by atoms with Gasteiger partial charge >= 0.3 is 0 Å². The zero-order valence-electron chi connectivity index (χ0n) is 18.6. The van der Waals surface area contributed by atoms with Crippen molar-refractivity contribution >= 4 is 11.6 Å². The Bertz CT molecular complexity index is 767. The monoisotopic (exact) mass is 423 g/mol. The van der Waals surface area contributed by atoms with Crippen LogP contribution in [0.4, 0.5) is 0 Å². The first-order valence-corrected chi connectivity index (χ1v) is 13.1. The molecule has 5 aliphatic carbocycles. The maximum Gasteiger partial charge on any atom is 0.0565 e. The van der Waals surface area contributed by atoms with E-state index in [1.54, 1.807) is 0 Å². The predicted molar refractivity (Wildman–Crippen MR) is 127 cm³/mol. The van der Waals surface area contributed by atoms with Gasteiger partial charge in [-0.3, -0.25) is 0 Å². The molecule has 30 heavy (non-hydrogen) atoms. The molecule has 4 bridgehead atoms. The van der Waals surface area contributed by atoms with E-state index in [0.29, 0.717) is 0 Å². The zero-order valence-corrected chi connectivity index (χ0v) is 19.4. The van der Waals surface area contributed by atoms with Crippen molar-refractivity contribution in [2.75, 3.05) is 6.54 Å². The first kappa shape index (κ1) is 20.9. The molecule has 162 valence electrons. The van der Waals surface area contributed by atoms with Crippen LogP contribution in [0.25, 0.3) is 0 Å². The van der Waals surface area contributed by atoms with Gasteiger partial charge in [-0.1, -0.05) is 36.4 Å². The fraction of sp³-hybridized carbons (Fsp3) is 0.714. The van der Waals surface area contributed by atoms with Gasteiger partial charge in [-0.25, -0.2) is 0 Å². The van der Waals surface area contributed by atoms with Crippen molar-refractivity contribution in [3.8, 4) is 11.8 Å². The fourth-order valence-electron chi connectivity index (χ4n) is 7.69. The van der Waals surface area contributed by atoms with Gasteiger partial charge in [0, 0.05) is 18.0 Å². The molecular weight excluding hydrogens is 386 g/mol. The Morgan fingerprint density at radius 1 is 0.967 bits per heavy atom. The second-order valence-corrected chi connectivity index (χ2v) is 11.2. The first-order chi connectivity index (χ1) is 14.7. The predicted octanol–water partition coefficient (Wildman–Crippen LogP) is 7.18. The number of halogens is 1. The molecule has 0 saturated heterocycles. The topological polar surface area (TPSA) is 12.0 Å². The SMILES string of the molecule is CCNC1CCC(CCC#Cc2ccc(C3C4CC5CC(C4)CC3C5)cc2Cl)CC1. The highest BCUT2D eigenvalue weighted by atomic mass is 35.5.